The lowest BCUT2D eigenvalue weighted by atomic mass is 10.1. The van der Waals surface area contributed by atoms with Gasteiger partial charge in [0.2, 0.25) is 0 Å². The zero-order chi connectivity index (χ0) is 14.6. The summed E-state index contributed by atoms with van der Waals surface area (Å²) in [5.41, 5.74) is 1.32. The average molecular weight is 288 g/mol. The molecule has 20 heavy (non-hydrogen) atoms. The summed E-state index contributed by atoms with van der Waals surface area (Å²) in [4.78, 5) is 0.309. The maximum Gasteiger partial charge on any atom is 0.182 e. The number of ether oxygens (including phenoxy) is 1. The van der Waals surface area contributed by atoms with Crippen LogP contribution in [0.3, 0.4) is 0 Å². The Labute approximate surface area is 119 Å². The minimum Gasteiger partial charge on any atom is -0.497 e. The van der Waals surface area contributed by atoms with Crippen molar-refractivity contribution in [2.75, 3.05) is 12.9 Å². The molecular formula is C16H16O3S. The van der Waals surface area contributed by atoms with Crippen LogP contribution in [0.25, 0.3) is 5.57 Å². The monoisotopic (exact) mass is 288 g/mol. The van der Waals surface area contributed by atoms with Crippen LogP contribution in [-0.4, -0.2) is 21.3 Å². The fraction of sp³-hybridized carbons (Fsp3) is 0.125. The van der Waals surface area contributed by atoms with Crippen LogP contribution >= 0.6 is 0 Å². The van der Waals surface area contributed by atoms with Gasteiger partial charge in [0.25, 0.3) is 0 Å². The molecule has 0 aliphatic rings. The number of rotatable bonds is 5. The van der Waals surface area contributed by atoms with E-state index in [1.807, 2.05) is 18.2 Å². The number of sulfone groups is 1. The quantitative estimate of drug-likeness (QED) is 0.848. The minimum atomic E-state index is -3.37. The molecule has 0 heterocycles. The highest BCUT2D eigenvalue weighted by Crippen LogP contribution is 2.22. The van der Waals surface area contributed by atoms with E-state index in [9.17, 15) is 8.42 Å². The first-order valence-corrected chi connectivity index (χ1v) is 7.78. The van der Waals surface area contributed by atoms with Crippen molar-refractivity contribution in [1.82, 2.24) is 0 Å². The Hall–Kier alpha value is -2.07. The highest BCUT2D eigenvalue weighted by atomic mass is 32.2. The van der Waals surface area contributed by atoms with E-state index in [2.05, 4.69) is 6.58 Å². The first-order valence-electron chi connectivity index (χ1n) is 6.13. The third-order valence-electron chi connectivity index (χ3n) is 2.94. The van der Waals surface area contributed by atoms with Crippen molar-refractivity contribution < 1.29 is 13.2 Å². The van der Waals surface area contributed by atoms with Crippen molar-refractivity contribution in [1.29, 1.82) is 0 Å². The van der Waals surface area contributed by atoms with Crippen LogP contribution in [0.2, 0.25) is 0 Å². The summed E-state index contributed by atoms with van der Waals surface area (Å²) in [6.07, 6.45) is 0. The highest BCUT2D eigenvalue weighted by molar-refractivity contribution is 7.91. The maximum absolute atomic E-state index is 12.3. The van der Waals surface area contributed by atoms with Gasteiger partial charge in [0, 0.05) is 0 Å². The molecule has 0 aliphatic carbocycles. The minimum absolute atomic E-state index is 0.107. The van der Waals surface area contributed by atoms with Crippen molar-refractivity contribution in [2.45, 2.75) is 4.90 Å². The van der Waals surface area contributed by atoms with Crippen LogP contribution in [0.4, 0.5) is 0 Å². The Bertz CT molecular complexity index is 704. The molecule has 0 saturated heterocycles. The van der Waals surface area contributed by atoms with E-state index in [0.29, 0.717) is 16.2 Å². The van der Waals surface area contributed by atoms with Crippen LogP contribution < -0.4 is 4.74 Å². The summed E-state index contributed by atoms with van der Waals surface area (Å²) in [6, 6.07) is 15.6. The lowest BCUT2D eigenvalue weighted by Crippen LogP contribution is -2.08. The van der Waals surface area contributed by atoms with Crippen LogP contribution in [-0.2, 0) is 9.84 Å². The Morgan fingerprint density at radius 2 is 1.80 bits per heavy atom. The fourth-order valence-corrected chi connectivity index (χ4v) is 3.23. The molecule has 4 heteroatoms. The normalized spacial score (nSPS) is 11.1. The average Bonchev–Trinajstić information content (AvgIpc) is 2.48. The molecule has 0 bridgehead atoms. The molecule has 0 radical (unpaired) electrons. The molecule has 0 fully saturated rings. The lowest BCUT2D eigenvalue weighted by Gasteiger charge is -2.09. The van der Waals surface area contributed by atoms with Gasteiger partial charge in [-0.1, -0.05) is 36.9 Å². The molecule has 0 N–H and O–H groups in total. The van der Waals surface area contributed by atoms with E-state index in [4.69, 9.17) is 4.74 Å². The molecule has 0 aliphatic heterocycles. The summed E-state index contributed by atoms with van der Waals surface area (Å²) in [5.74, 6) is 0.574. The SMILES string of the molecule is C=C(CS(=O)(=O)c1ccccc1)c1cccc(OC)c1. The molecule has 2 aromatic rings. The number of hydrogen-bond donors (Lipinski definition) is 0. The zero-order valence-corrected chi connectivity index (χ0v) is 12.1. The third kappa shape index (κ3) is 3.27. The van der Waals surface area contributed by atoms with E-state index >= 15 is 0 Å². The van der Waals surface area contributed by atoms with E-state index < -0.39 is 9.84 Å². The van der Waals surface area contributed by atoms with E-state index in [0.717, 1.165) is 5.56 Å². The van der Waals surface area contributed by atoms with Crippen molar-refractivity contribution in [3.05, 3.63) is 66.7 Å². The van der Waals surface area contributed by atoms with E-state index in [-0.39, 0.29) is 5.75 Å². The second kappa shape index (κ2) is 5.92. The number of methoxy groups -OCH3 is 1. The standard InChI is InChI=1S/C16H16O3S/c1-13(14-7-6-8-15(11-14)19-2)12-20(17,18)16-9-4-3-5-10-16/h3-11H,1,12H2,2H3. The van der Waals surface area contributed by atoms with Crippen LogP contribution in [0, 0.1) is 0 Å². The Morgan fingerprint density at radius 1 is 1.10 bits per heavy atom. The van der Waals surface area contributed by atoms with Gasteiger partial charge in [0.05, 0.1) is 17.8 Å². The van der Waals surface area contributed by atoms with Crippen LogP contribution in [0.5, 0.6) is 5.75 Å². The van der Waals surface area contributed by atoms with Gasteiger partial charge in [-0.05, 0) is 35.4 Å². The van der Waals surface area contributed by atoms with Crippen molar-refractivity contribution in [3.8, 4) is 5.75 Å². The number of benzene rings is 2. The second-order valence-corrected chi connectivity index (χ2v) is 6.40. The molecule has 0 amide bonds. The smallest absolute Gasteiger partial charge is 0.182 e. The predicted octanol–water partition coefficient (Wildman–Crippen LogP) is 3.18. The first-order chi connectivity index (χ1) is 9.53. The Balaban J connectivity index is 2.23. The van der Waals surface area contributed by atoms with Gasteiger partial charge in [0.15, 0.2) is 9.84 Å². The molecule has 0 unspecified atom stereocenters. The maximum atomic E-state index is 12.3. The number of hydrogen-bond acceptors (Lipinski definition) is 3. The van der Waals surface area contributed by atoms with Gasteiger partial charge in [-0.25, -0.2) is 8.42 Å². The zero-order valence-electron chi connectivity index (χ0n) is 11.2. The van der Waals surface area contributed by atoms with Gasteiger partial charge in [-0.15, -0.1) is 0 Å². The van der Waals surface area contributed by atoms with Gasteiger partial charge >= 0.3 is 0 Å². The van der Waals surface area contributed by atoms with Crippen LogP contribution in [0.15, 0.2) is 66.1 Å². The Morgan fingerprint density at radius 3 is 2.45 bits per heavy atom. The molecule has 0 spiro atoms. The molecular weight excluding hydrogens is 272 g/mol. The van der Waals surface area contributed by atoms with Crippen molar-refractivity contribution >= 4 is 15.4 Å². The van der Waals surface area contributed by atoms with Gasteiger partial charge in [-0.3, -0.25) is 0 Å². The fourth-order valence-electron chi connectivity index (χ4n) is 1.87. The summed E-state index contributed by atoms with van der Waals surface area (Å²) in [5, 5.41) is 0. The summed E-state index contributed by atoms with van der Waals surface area (Å²) >= 11 is 0. The molecule has 3 nitrogen and oxygen atoms in total. The van der Waals surface area contributed by atoms with E-state index in [1.165, 1.54) is 0 Å². The summed E-state index contributed by atoms with van der Waals surface area (Å²) < 4.78 is 29.7. The molecule has 2 aromatic carbocycles. The molecule has 2 rings (SSSR count). The predicted molar refractivity (Wildman–Crippen MR) is 80.5 cm³/mol. The largest absolute Gasteiger partial charge is 0.497 e. The Kier molecular flexibility index (Phi) is 4.25. The second-order valence-electron chi connectivity index (χ2n) is 4.41. The third-order valence-corrected chi connectivity index (χ3v) is 4.66. The molecule has 0 aromatic heterocycles. The molecule has 0 atom stereocenters. The topological polar surface area (TPSA) is 43.4 Å². The first kappa shape index (κ1) is 14.3. The molecule has 0 saturated carbocycles. The van der Waals surface area contributed by atoms with Crippen molar-refractivity contribution in [3.63, 3.8) is 0 Å². The highest BCUT2D eigenvalue weighted by Gasteiger charge is 2.16. The van der Waals surface area contributed by atoms with Gasteiger partial charge < -0.3 is 4.74 Å². The van der Waals surface area contributed by atoms with Gasteiger partial charge in [-0.2, -0.15) is 0 Å². The van der Waals surface area contributed by atoms with Gasteiger partial charge in [0.1, 0.15) is 5.75 Å². The lowest BCUT2D eigenvalue weighted by molar-refractivity contribution is 0.414. The van der Waals surface area contributed by atoms with E-state index in [1.54, 1.807) is 43.5 Å². The summed E-state index contributed by atoms with van der Waals surface area (Å²) in [7, 11) is -1.80. The van der Waals surface area contributed by atoms with Crippen molar-refractivity contribution in [2.24, 2.45) is 0 Å². The summed E-state index contributed by atoms with van der Waals surface area (Å²) in [6.45, 7) is 3.88. The molecule has 104 valence electrons. The van der Waals surface area contributed by atoms with Crippen LogP contribution in [0.1, 0.15) is 5.56 Å².